The van der Waals surface area contributed by atoms with Crippen LogP contribution in [0.15, 0.2) is 0 Å². The summed E-state index contributed by atoms with van der Waals surface area (Å²) in [6.07, 6.45) is -3.01. The van der Waals surface area contributed by atoms with E-state index >= 15 is 0 Å². The normalized spacial score (nSPS) is 46.0. The van der Waals surface area contributed by atoms with Crippen molar-refractivity contribution in [2.24, 2.45) is 0 Å². The second kappa shape index (κ2) is 2.20. The number of rotatable bonds is 0. The van der Waals surface area contributed by atoms with Crippen molar-refractivity contribution in [3.8, 4) is 0 Å². The van der Waals surface area contributed by atoms with Crippen molar-refractivity contribution >= 4 is 0 Å². The second-order valence-electron chi connectivity index (χ2n) is 2.06. The predicted octanol–water partition coefficient (Wildman–Crippen LogP) is -2.57. The molecule has 0 spiro atoms. The van der Waals surface area contributed by atoms with E-state index < -0.39 is 18.8 Å². The van der Waals surface area contributed by atoms with E-state index in [2.05, 4.69) is 5.32 Å². The largest absolute Gasteiger partial charge is 0.374 e. The highest BCUT2D eigenvalue weighted by molar-refractivity contribution is 4.74. The minimum Gasteiger partial charge on any atom is -0.374 e. The third kappa shape index (κ3) is 1.05. The Morgan fingerprint density at radius 2 is 1.89 bits per heavy atom. The molecule has 9 heavy (non-hydrogen) atoms. The van der Waals surface area contributed by atoms with Crippen molar-refractivity contribution in [2.75, 3.05) is 7.05 Å². The molecule has 0 aromatic carbocycles. The minimum absolute atomic E-state index is 0.949. The van der Waals surface area contributed by atoms with E-state index in [0.717, 1.165) is 0 Å². The van der Waals surface area contributed by atoms with Gasteiger partial charge in [-0.3, -0.25) is 5.32 Å². The van der Waals surface area contributed by atoms with Crippen LogP contribution in [-0.4, -0.2) is 46.1 Å². The van der Waals surface area contributed by atoms with Crippen LogP contribution in [0.1, 0.15) is 0 Å². The first-order valence-electron chi connectivity index (χ1n) is 2.65. The first-order chi connectivity index (χ1) is 4.13. The Hall–Kier alpha value is -0.200. The Morgan fingerprint density at radius 3 is 2.00 bits per heavy atom. The maximum Gasteiger partial charge on any atom is 0.166 e. The van der Waals surface area contributed by atoms with Gasteiger partial charge in [-0.1, -0.05) is 0 Å². The van der Waals surface area contributed by atoms with Crippen LogP contribution in [0, 0.1) is 0 Å². The third-order valence-corrected chi connectivity index (χ3v) is 1.41. The van der Waals surface area contributed by atoms with Crippen molar-refractivity contribution < 1.29 is 15.3 Å². The van der Waals surface area contributed by atoms with Gasteiger partial charge in [0.25, 0.3) is 0 Å². The lowest BCUT2D eigenvalue weighted by atomic mass is 10.5. The molecule has 0 amide bonds. The van der Waals surface area contributed by atoms with Crippen LogP contribution in [0.2, 0.25) is 0 Å². The summed E-state index contributed by atoms with van der Waals surface area (Å²) >= 11 is 0. The number of aliphatic hydroxyl groups is 3. The molecule has 0 radical (unpaired) electrons. The number of hydrogen-bond donors (Lipinski definition) is 4. The maximum absolute atomic E-state index is 8.89. The van der Waals surface area contributed by atoms with Gasteiger partial charge >= 0.3 is 0 Å². The molecule has 1 fully saturated rings. The van der Waals surface area contributed by atoms with Crippen LogP contribution in [0.4, 0.5) is 0 Å². The summed E-state index contributed by atoms with van der Waals surface area (Å²) in [7, 11) is 1.50. The van der Waals surface area contributed by atoms with Gasteiger partial charge in [-0.05, 0) is 7.05 Å². The Labute approximate surface area is 52.5 Å². The predicted molar refractivity (Wildman–Crippen MR) is 28.9 cm³/mol. The first-order valence-corrected chi connectivity index (χ1v) is 2.65. The zero-order chi connectivity index (χ0) is 7.02. The van der Waals surface area contributed by atoms with E-state index in [4.69, 9.17) is 15.3 Å². The highest BCUT2D eigenvalue weighted by Gasteiger charge is 2.34. The smallest absolute Gasteiger partial charge is 0.166 e. The fourth-order valence-electron chi connectivity index (χ4n) is 0.724. The molecule has 1 saturated heterocycles. The van der Waals surface area contributed by atoms with E-state index in [-0.39, 0.29) is 0 Å². The minimum atomic E-state index is -1.05. The zero-order valence-corrected chi connectivity index (χ0v) is 5.02. The van der Waals surface area contributed by atoms with Gasteiger partial charge in [0.2, 0.25) is 0 Å². The van der Waals surface area contributed by atoms with Crippen LogP contribution in [-0.2, 0) is 0 Å². The lowest BCUT2D eigenvalue weighted by Gasteiger charge is -2.15. The molecule has 3 atom stereocenters. The molecule has 1 aliphatic heterocycles. The monoisotopic (exact) mass is 134 g/mol. The van der Waals surface area contributed by atoms with Gasteiger partial charge in [0.05, 0.1) is 0 Å². The van der Waals surface area contributed by atoms with Gasteiger partial charge in [-0.2, -0.15) is 0 Å². The van der Waals surface area contributed by atoms with Gasteiger partial charge in [0, 0.05) is 0 Å². The second-order valence-corrected chi connectivity index (χ2v) is 2.06. The number of nitrogens with one attached hydrogen (secondary N) is 1. The molecule has 3 unspecified atom stereocenters. The summed E-state index contributed by atoms with van der Waals surface area (Å²) in [6, 6.07) is 0. The van der Waals surface area contributed by atoms with E-state index in [1.807, 2.05) is 0 Å². The molecule has 0 aliphatic carbocycles. The Morgan fingerprint density at radius 1 is 1.33 bits per heavy atom. The average Bonchev–Trinajstić information content (AvgIpc) is 1.98. The summed E-state index contributed by atoms with van der Waals surface area (Å²) in [5.74, 6) is 0. The van der Waals surface area contributed by atoms with Crippen LogP contribution >= 0.6 is 0 Å². The Kier molecular flexibility index (Phi) is 1.69. The fourth-order valence-corrected chi connectivity index (χ4v) is 0.724. The SMILES string of the molecule is CN1C(O)NC(O)C1O. The van der Waals surface area contributed by atoms with Crippen molar-refractivity contribution in [1.29, 1.82) is 0 Å². The Balaban J connectivity index is 2.54. The summed E-state index contributed by atoms with van der Waals surface area (Å²) < 4.78 is 0. The molecule has 1 heterocycles. The zero-order valence-electron chi connectivity index (χ0n) is 5.02. The molecule has 0 saturated carbocycles. The quantitative estimate of drug-likeness (QED) is 0.293. The molecule has 54 valence electrons. The van der Waals surface area contributed by atoms with Crippen LogP contribution in [0.3, 0.4) is 0 Å². The molecule has 5 heteroatoms. The van der Waals surface area contributed by atoms with Gasteiger partial charge in [0.15, 0.2) is 6.35 Å². The van der Waals surface area contributed by atoms with Crippen molar-refractivity contribution in [3.05, 3.63) is 0 Å². The van der Waals surface area contributed by atoms with E-state index in [0.29, 0.717) is 0 Å². The van der Waals surface area contributed by atoms with E-state index in [1.54, 1.807) is 0 Å². The Bertz CT molecular complexity index is 98.0. The maximum atomic E-state index is 8.89. The lowest BCUT2D eigenvalue weighted by Crippen LogP contribution is -2.35. The van der Waals surface area contributed by atoms with E-state index in [1.165, 1.54) is 11.9 Å². The molecule has 0 bridgehead atoms. The van der Waals surface area contributed by atoms with Crippen LogP contribution in [0.25, 0.3) is 0 Å². The average molecular weight is 134 g/mol. The standard InChI is InChI=1S/C4H10N2O3/c1-6-3(8)2(7)5-4(6)9/h2-5,7-9H,1H3. The van der Waals surface area contributed by atoms with Crippen molar-refractivity contribution in [1.82, 2.24) is 10.2 Å². The third-order valence-electron chi connectivity index (χ3n) is 1.41. The molecular weight excluding hydrogens is 124 g/mol. The molecule has 0 aromatic heterocycles. The molecule has 5 nitrogen and oxygen atoms in total. The molecular formula is C4H10N2O3. The molecule has 1 aliphatic rings. The van der Waals surface area contributed by atoms with Gasteiger partial charge < -0.3 is 15.3 Å². The lowest BCUT2D eigenvalue weighted by molar-refractivity contribution is -0.0605. The van der Waals surface area contributed by atoms with Crippen LogP contribution in [0.5, 0.6) is 0 Å². The molecule has 0 aromatic rings. The highest BCUT2D eigenvalue weighted by atomic mass is 16.4. The number of hydrogen-bond acceptors (Lipinski definition) is 5. The van der Waals surface area contributed by atoms with Crippen molar-refractivity contribution in [2.45, 2.75) is 18.8 Å². The molecule has 4 N–H and O–H groups in total. The molecule has 1 rings (SSSR count). The number of aliphatic hydroxyl groups excluding tert-OH is 3. The summed E-state index contributed by atoms with van der Waals surface area (Å²) in [5, 5.41) is 28.8. The van der Waals surface area contributed by atoms with Gasteiger partial charge in [0.1, 0.15) is 12.5 Å². The first kappa shape index (κ1) is 6.91. The van der Waals surface area contributed by atoms with Gasteiger partial charge in [-0.25, -0.2) is 4.90 Å². The van der Waals surface area contributed by atoms with Gasteiger partial charge in [-0.15, -0.1) is 0 Å². The van der Waals surface area contributed by atoms with Crippen LogP contribution < -0.4 is 5.32 Å². The highest BCUT2D eigenvalue weighted by Crippen LogP contribution is 2.07. The topological polar surface area (TPSA) is 76.0 Å². The summed E-state index contributed by atoms with van der Waals surface area (Å²) in [6.45, 7) is 0. The van der Waals surface area contributed by atoms with E-state index in [9.17, 15) is 0 Å². The number of nitrogens with zero attached hydrogens (tertiary/aromatic N) is 1. The summed E-state index contributed by atoms with van der Waals surface area (Å²) in [5.41, 5.74) is 0. The fraction of sp³-hybridized carbons (Fsp3) is 1.00. The summed E-state index contributed by atoms with van der Waals surface area (Å²) in [4.78, 5) is 1.21. The number of likely N-dealkylation sites (N-methyl/N-ethyl adjacent to an activating group) is 1. The van der Waals surface area contributed by atoms with Crippen molar-refractivity contribution in [3.63, 3.8) is 0 Å².